The van der Waals surface area contributed by atoms with E-state index in [1.807, 2.05) is 37.3 Å². The Morgan fingerprint density at radius 3 is 2.50 bits per heavy atom. The van der Waals surface area contributed by atoms with Crippen molar-refractivity contribution in [3.63, 3.8) is 0 Å². The molecule has 1 heterocycles. The molecule has 0 saturated carbocycles. The molecule has 0 saturated heterocycles. The minimum absolute atomic E-state index is 0.403. The number of rotatable bonds is 5. The first-order valence-electron chi connectivity index (χ1n) is 7.02. The fraction of sp³-hybridized carbons (Fsp3) is 0.353. The van der Waals surface area contributed by atoms with E-state index < -0.39 is 6.10 Å². The van der Waals surface area contributed by atoms with Gasteiger partial charge in [0.05, 0.1) is 18.0 Å². The summed E-state index contributed by atoms with van der Waals surface area (Å²) >= 11 is 0. The monoisotopic (exact) mass is 271 g/mol. The van der Waals surface area contributed by atoms with Crippen LogP contribution in [-0.2, 0) is 0 Å². The molecule has 3 nitrogen and oxygen atoms in total. The maximum Gasteiger partial charge on any atom is 0.145 e. The first kappa shape index (κ1) is 14.5. The number of pyridine rings is 1. The minimum Gasteiger partial charge on any atom is -0.455 e. The zero-order valence-electron chi connectivity index (χ0n) is 12.2. The van der Waals surface area contributed by atoms with E-state index in [9.17, 15) is 5.11 Å². The lowest BCUT2D eigenvalue weighted by Gasteiger charge is -2.14. The van der Waals surface area contributed by atoms with Crippen LogP contribution in [0.5, 0.6) is 11.5 Å². The lowest BCUT2D eigenvalue weighted by molar-refractivity contribution is 0.169. The van der Waals surface area contributed by atoms with Crippen molar-refractivity contribution in [1.82, 2.24) is 4.98 Å². The number of aromatic nitrogens is 1. The predicted molar refractivity (Wildman–Crippen MR) is 80.1 cm³/mol. The van der Waals surface area contributed by atoms with E-state index in [2.05, 4.69) is 24.9 Å². The van der Waals surface area contributed by atoms with Gasteiger partial charge in [-0.3, -0.25) is 4.98 Å². The Balaban J connectivity index is 2.18. The van der Waals surface area contributed by atoms with Gasteiger partial charge >= 0.3 is 0 Å². The first-order valence-corrected chi connectivity index (χ1v) is 7.02. The van der Waals surface area contributed by atoms with Crippen LogP contribution < -0.4 is 4.74 Å². The van der Waals surface area contributed by atoms with Crippen LogP contribution in [0.1, 0.15) is 50.5 Å². The van der Waals surface area contributed by atoms with Crippen molar-refractivity contribution in [3.8, 4) is 11.5 Å². The van der Waals surface area contributed by atoms with E-state index in [0.29, 0.717) is 23.8 Å². The highest BCUT2D eigenvalue weighted by Crippen LogP contribution is 2.30. The van der Waals surface area contributed by atoms with Crippen LogP contribution >= 0.6 is 0 Å². The number of hydrogen-bond donors (Lipinski definition) is 1. The third-order valence-electron chi connectivity index (χ3n) is 3.26. The van der Waals surface area contributed by atoms with E-state index in [1.54, 1.807) is 6.20 Å². The number of para-hydroxylation sites is 1. The molecular formula is C17H21NO2. The molecule has 0 radical (unpaired) electrons. The van der Waals surface area contributed by atoms with Crippen LogP contribution in [-0.4, -0.2) is 10.1 Å². The standard InChI is InChI=1S/C17H21NO2/c1-4-16(19)15-10-9-13(11-18-15)20-17-8-6-5-7-14(17)12(2)3/h5-12,16,19H,4H2,1-3H3/t16-/m1/s1. The minimum atomic E-state index is -0.507. The summed E-state index contributed by atoms with van der Waals surface area (Å²) in [5.41, 5.74) is 1.85. The summed E-state index contributed by atoms with van der Waals surface area (Å²) in [5, 5.41) is 9.72. The molecule has 0 unspecified atom stereocenters. The molecule has 0 aliphatic carbocycles. The largest absolute Gasteiger partial charge is 0.455 e. The Hall–Kier alpha value is -1.87. The van der Waals surface area contributed by atoms with Crippen molar-refractivity contribution in [2.45, 2.75) is 39.2 Å². The molecule has 1 aromatic carbocycles. The summed E-state index contributed by atoms with van der Waals surface area (Å²) in [6, 6.07) is 11.7. The fourth-order valence-corrected chi connectivity index (χ4v) is 2.04. The predicted octanol–water partition coefficient (Wildman–Crippen LogP) is 4.44. The van der Waals surface area contributed by atoms with Gasteiger partial charge in [-0.2, -0.15) is 0 Å². The third-order valence-corrected chi connectivity index (χ3v) is 3.26. The van der Waals surface area contributed by atoms with Gasteiger partial charge in [-0.1, -0.05) is 39.0 Å². The van der Waals surface area contributed by atoms with E-state index in [4.69, 9.17) is 4.74 Å². The maximum atomic E-state index is 9.72. The van der Waals surface area contributed by atoms with Crippen molar-refractivity contribution in [2.24, 2.45) is 0 Å². The third kappa shape index (κ3) is 3.36. The number of nitrogens with zero attached hydrogens (tertiary/aromatic N) is 1. The van der Waals surface area contributed by atoms with Gasteiger partial charge in [0.25, 0.3) is 0 Å². The normalized spacial score (nSPS) is 12.4. The molecule has 0 spiro atoms. The highest BCUT2D eigenvalue weighted by atomic mass is 16.5. The van der Waals surface area contributed by atoms with Crippen LogP contribution in [0.15, 0.2) is 42.6 Å². The molecule has 0 amide bonds. The Morgan fingerprint density at radius 2 is 1.90 bits per heavy atom. The molecule has 2 aromatic rings. The second-order valence-corrected chi connectivity index (χ2v) is 5.14. The molecule has 20 heavy (non-hydrogen) atoms. The van der Waals surface area contributed by atoms with Gasteiger partial charge < -0.3 is 9.84 Å². The highest BCUT2D eigenvalue weighted by Gasteiger charge is 2.09. The lowest BCUT2D eigenvalue weighted by atomic mass is 10.0. The number of aliphatic hydroxyl groups excluding tert-OH is 1. The van der Waals surface area contributed by atoms with Gasteiger partial charge in [0.15, 0.2) is 0 Å². The van der Waals surface area contributed by atoms with Crippen molar-refractivity contribution >= 4 is 0 Å². The molecule has 0 aliphatic heterocycles. The van der Waals surface area contributed by atoms with E-state index >= 15 is 0 Å². The van der Waals surface area contributed by atoms with Crippen molar-refractivity contribution in [2.75, 3.05) is 0 Å². The molecule has 1 N–H and O–H groups in total. The quantitative estimate of drug-likeness (QED) is 0.874. The molecule has 106 valence electrons. The average molecular weight is 271 g/mol. The Bertz CT molecular complexity index is 549. The topological polar surface area (TPSA) is 42.4 Å². The summed E-state index contributed by atoms with van der Waals surface area (Å²) in [5.74, 6) is 1.94. The zero-order valence-corrected chi connectivity index (χ0v) is 12.2. The van der Waals surface area contributed by atoms with Crippen LogP contribution in [0, 0.1) is 0 Å². The van der Waals surface area contributed by atoms with Crippen LogP contribution in [0.2, 0.25) is 0 Å². The molecule has 1 aromatic heterocycles. The van der Waals surface area contributed by atoms with Gasteiger partial charge in [0.2, 0.25) is 0 Å². The van der Waals surface area contributed by atoms with Gasteiger partial charge in [-0.15, -0.1) is 0 Å². The Kier molecular flexibility index (Phi) is 4.74. The van der Waals surface area contributed by atoms with E-state index in [1.165, 1.54) is 5.56 Å². The molecule has 1 atom stereocenters. The second-order valence-electron chi connectivity index (χ2n) is 5.14. The van der Waals surface area contributed by atoms with Crippen LogP contribution in [0.3, 0.4) is 0 Å². The smallest absolute Gasteiger partial charge is 0.145 e. The lowest BCUT2D eigenvalue weighted by Crippen LogP contribution is -1.99. The van der Waals surface area contributed by atoms with E-state index in [0.717, 1.165) is 5.75 Å². The molecule has 3 heteroatoms. The van der Waals surface area contributed by atoms with Crippen LogP contribution in [0.4, 0.5) is 0 Å². The number of hydrogen-bond acceptors (Lipinski definition) is 3. The summed E-state index contributed by atoms with van der Waals surface area (Å²) in [6.45, 7) is 6.21. The molecular weight excluding hydrogens is 250 g/mol. The van der Waals surface area contributed by atoms with Crippen LogP contribution in [0.25, 0.3) is 0 Å². The number of benzene rings is 1. The SMILES string of the molecule is CC[C@@H](O)c1ccc(Oc2ccccc2C(C)C)cn1. The van der Waals surface area contributed by atoms with E-state index in [-0.39, 0.29) is 0 Å². The molecule has 0 fully saturated rings. The first-order chi connectivity index (χ1) is 9.61. The number of aliphatic hydroxyl groups is 1. The Labute approximate surface area is 120 Å². The summed E-state index contributed by atoms with van der Waals surface area (Å²) in [4.78, 5) is 4.25. The Morgan fingerprint density at radius 1 is 1.15 bits per heavy atom. The fourth-order valence-electron chi connectivity index (χ4n) is 2.04. The zero-order chi connectivity index (χ0) is 14.5. The summed E-state index contributed by atoms with van der Waals surface area (Å²) in [7, 11) is 0. The highest BCUT2D eigenvalue weighted by molar-refractivity contribution is 5.39. The molecule has 0 aliphatic rings. The van der Waals surface area contributed by atoms with Gasteiger partial charge in [0, 0.05) is 0 Å². The van der Waals surface area contributed by atoms with Crippen molar-refractivity contribution in [3.05, 3.63) is 53.9 Å². The molecule has 2 rings (SSSR count). The van der Waals surface area contributed by atoms with Gasteiger partial charge in [-0.25, -0.2) is 0 Å². The summed E-state index contributed by atoms with van der Waals surface area (Å²) in [6.07, 6.45) is 1.81. The van der Waals surface area contributed by atoms with Crippen molar-refractivity contribution < 1.29 is 9.84 Å². The van der Waals surface area contributed by atoms with Gasteiger partial charge in [-0.05, 0) is 36.1 Å². The summed E-state index contributed by atoms with van der Waals surface area (Å²) < 4.78 is 5.90. The second kappa shape index (κ2) is 6.53. The number of ether oxygens (including phenoxy) is 1. The molecule has 0 bridgehead atoms. The maximum absolute atomic E-state index is 9.72. The average Bonchev–Trinajstić information content (AvgIpc) is 2.47. The van der Waals surface area contributed by atoms with Gasteiger partial charge in [0.1, 0.15) is 11.5 Å². The van der Waals surface area contributed by atoms with Crippen molar-refractivity contribution in [1.29, 1.82) is 0 Å².